The summed E-state index contributed by atoms with van der Waals surface area (Å²) in [6.45, 7) is 2.98. The number of terminal acetylenes is 1. The number of anilines is 1. The molecule has 2 aliphatic heterocycles. The normalized spacial score (nSPS) is 23.0. The van der Waals surface area contributed by atoms with E-state index < -0.39 is 0 Å². The van der Waals surface area contributed by atoms with Crippen LogP contribution in [0.2, 0.25) is 0 Å². The van der Waals surface area contributed by atoms with E-state index in [1.54, 1.807) is 13.1 Å². The Morgan fingerprint density at radius 2 is 2.22 bits per heavy atom. The number of rotatable bonds is 4. The molecule has 1 aromatic rings. The van der Waals surface area contributed by atoms with Crippen molar-refractivity contribution in [1.82, 2.24) is 10.2 Å². The molecule has 0 aliphatic carbocycles. The predicted octanol–water partition coefficient (Wildman–Crippen LogP) is 1.06. The molecule has 7 heteroatoms. The highest BCUT2D eigenvalue weighted by Gasteiger charge is 2.32. The molecule has 0 radical (unpaired) electrons. The smallest absolute Gasteiger partial charge is 0.243 e. The summed E-state index contributed by atoms with van der Waals surface area (Å²) >= 11 is 0. The van der Waals surface area contributed by atoms with Crippen LogP contribution in [0.3, 0.4) is 0 Å². The minimum Gasteiger partial charge on any atom is -0.375 e. The molecule has 0 aromatic heterocycles. The highest BCUT2D eigenvalue weighted by molar-refractivity contribution is 5.95. The molecule has 144 valence electrons. The van der Waals surface area contributed by atoms with Crippen LogP contribution in [0.1, 0.15) is 18.4 Å². The highest BCUT2D eigenvalue weighted by Crippen LogP contribution is 2.21. The Morgan fingerprint density at radius 1 is 1.37 bits per heavy atom. The number of hydrogen-bond acceptors (Lipinski definition) is 4. The molecule has 2 N–H and O–H groups in total. The molecular formula is C20H26N4O3. The fourth-order valence-electron chi connectivity index (χ4n) is 3.37. The molecule has 7 nitrogen and oxygen atoms in total. The topological polar surface area (TPSA) is 75.2 Å². The maximum absolute atomic E-state index is 12.2. The Kier molecular flexibility index (Phi) is 6.69. The Morgan fingerprint density at radius 3 is 2.96 bits per heavy atom. The van der Waals surface area contributed by atoms with Gasteiger partial charge in [-0.1, -0.05) is 12.0 Å². The molecule has 1 amide bonds. The van der Waals surface area contributed by atoms with Crippen LogP contribution in [0.5, 0.6) is 0 Å². The second-order valence-corrected chi connectivity index (χ2v) is 6.58. The summed E-state index contributed by atoms with van der Waals surface area (Å²) in [7, 11) is 1.72. The SMILES string of the molecule is C#Cc1cccc(NC(=O)CNC(=NC)N2CCOC(C3CCCO3)C2)c1. The first kappa shape index (κ1) is 19.2. The van der Waals surface area contributed by atoms with Gasteiger partial charge in [0.1, 0.15) is 6.10 Å². The lowest BCUT2D eigenvalue weighted by atomic mass is 10.1. The van der Waals surface area contributed by atoms with E-state index in [1.165, 1.54) is 0 Å². The summed E-state index contributed by atoms with van der Waals surface area (Å²) in [6, 6.07) is 7.21. The summed E-state index contributed by atoms with van der Waals surface area (Å²) in [5.74, 6) is 3.09. The first-order valence-corrected chi connectivity index (χ1v) is 9.25. The van der Waals surface area contributed by atoms with E-state index in [0.29, 0.717) is 24.8 Å². The third-order valence-corrected chi connectivity index (χ3v) is 4.70. The van der Waals surface area contributed by atoms with Crippen molar-refractivity contribution in [2.45, 2.75) is 25.0 Å². The van der Waals surface area contributed by atoms with Crippen molar-refractivity contribution in [2.24, 2.45) is 4.99 Å². The third-order valence-electron chi connectivity index (χ3n) is 4.70. The van der Waals surface area contributed by atoms with E-state index in [-0.39, 0.29) is 24.7 Å². The van der Waals surface area contributed by atoms with E-state index in [0.717, 1.165) is 31.6 Å². The van der Waals surface area contributed by atoms with Crippen molar-refractivity contribution in [1.29, 1.82) is 0 Å². The zero-order valence-corrected chi connectivity index (χ0v) is 15.6. The van der Waals surface area contributed by atoms with Crippen molar-refractivity contribution >= 4 is 17.6 Å². The number of carbonyl (C=O) groups excluding carboxylic acids is 1. The molecule has 2 fully saturated rings. The molecule has 0 bridgehead atoms. The number of morpholine rings is 1. The minimum atomic E-state index is -0.158. The molecule has 27 heavy (non-hydrogen) atoms. The molecule has 0 saturated carbocycles. The Bertz CT molecular complexity index is 722. The predicted molar refractivity (Wildman–Crippen MR) is 105 cm³/mol. The van der Waals surface area contributed by atoms with Gasteiger partial charge in [-0.05, 0) is 31.0 Å². The van der Waals surface area contributed by atoms with E-state index in [1.807, 2.05) is 18.2 Å². The van der Waals surface area contributed by atoms with Gasteiger partial charge in [-0.2, -0.15) is 0 Å². The number of hydrogen-bond donors (Lipinski definition) is 2. The van der Waals surface area contributed by atoms with Crippen molar-refractivity contribution in [2.75, 3.05) is 45.2 Å². The fraction of sp³-hybridized carbons (Fsp3) is 0.500. The molecule has 1 aromatic carbocycles. The van der Waals surface area contributed by atoms with Crippen LogP contribution in [0, 0.1) is 12.3 Å². The first-order valence-electron chi connectivity index (χ1n) is 9.25. The van der Waals surface area contributed by atoms with E-state index in [2.05, 4.69) is 26.4 Å². The summed E-state index contributed by atoms with van der Waals surface area (Å²) < 4.78 is 11.6. The molecule has 2 heterocycles. The summed E-state index contributed by atoms with van der Waals surface area (Å²) in [6.07, 6.45) is 7.70. The largest absolute Gasteiger partial charge is 0.375 e. The highest BCUT2D eigenvalue weighted by atomic mass is 16.5. The van der Waals surface area contributed by atoms with Crippen LogP contribution >= 0.6 is 0 Å². The first-order chi connectivity index (χ1) is 13.2. The second-order valence-electron chi connectivity index (χ2n) is 6.58. The lowest BCUT2D eigenvalue weighted by molar-refractivity contribution is -0.115. The number of carbonyl (C=O) groups is 1. The van der Waals surface area contributed by atoms with Gasteiger partial charge in [0, 0.05) is 38.0 Å². The number of nitrogens with one attached hydrogen (secondary N) is 2. The minimum absolute atomic E-state index is 0.0418. The zero-order chi connectivity index (χ0) is 19.1. The van der Waals surface area contributed by atoms with Crippen LogP contribution in [0.4, 0.5) is 5.69 Å². The average molecular weight is 370 g/mol. The van der Waals surface area contributed by atoms with E-state index in [9.17, 15) is 4.79 Å². The van der Waals surface area contributed by atoms with Crippen LogP contribution < -0.4 is 10.6 Å². The Balaban J connectivity index is 1.50. The van der Waals surface area contributed by atoms with Crippen LogP contribution in [0.25, 0.3) is 0 Å². The number of amides is 1. The quantitative estimate of drug-likeness (QED) is 0.471. The van der Waals surface area contributed by atoms with Crippen LogP contribution in [-0.4, -0.2) is 68.9 Å². The Hall–Kier alpha value is -2.56. The van der Waals surface area contributed by atoms with Gasteiger partial charge < -0.3 is 25.0 Å². The maximum atomic E-state index is 12.2. The van der Waals surface area contributed by atoms with Gasteiger partial charge >= 0.3 is 0 Å². The molecule has 0 spiro atoms. The monoisotopic (exact) mass is 370 g/mol. The molecule has 2 saturated heterocycles. The lowest BCUT2D eigenvalue weighted by Gasteiger charge is -2.37. The van der Waals surface area contributed by atoms with E-state index in [4.69, 9.17) is 15.9 Å². The lowest BCUT2D eigenvalue weighted by Crippen LogP contribution is -2.54. The number of guanidine groups is 1. The van der Waals surface area contributed by atoms with Gasteiger partial charge in [-0.3, -0.25) is 9.79 Å². The van der Waals surface area contributed by atoms with Crippen molar-refractivity contribution in [3.05, 3.63) is 29.8 Å². The molecule has 2 atom stereocenters. The van der Waals surface area contributed by atoms with Crippen molar-refractivity contribution in [3.63, 3.8) is 0 Å². The molecule has 2 aliphatic rings. The molecule has 3 rings (SSSR count). The van der Waals surface area contributed by atoms with Crippen LogP contribution in [-0.2, 0) is 14.3 Å². The van der Waals surface area contributed by atoms with Gasteiger partial charge in [0.25, 0.3) is 0 Å². The molecular weight excluding hydrogens is 344 g/mol. The van der Waals surface area contributed by atoms with Gasteiger partial charge in [-0.15, -0.1) is 6.42 Å². The van der Waals surface area contributed by atoms with E-state index >= 15 is 0 Å². The summed E-state index contributed by atoms with van der Waals surface area (Å²) in [4.78, 5) is 18.7. The number of benzene rings is 1. The second kappa shape index (κ2) is 9.40. The van der Waals surface area contributed by atoms with Crippen molar-refractivity contribution < 1.29 is 14.3 Å². The zero-order valence-electron chi connectivity index (χ0n) is 15.6. The number of aliphatic imine (C=N–C) groups is 1. The maximum Gasteiger partial charge on any atom is 0.243 e. The fourth-order valence-corrected chi connectivity index (χ4v) is 3.37. The van der Waals surface area contributed by atoms with Gasteiger partial charge in [0.05, 0.1) is 19.3 Å². The summed E-state index contributed by atoms with van der Waals surface area (Å²) in [5.41, 5.74) is 1.40. The number of ether oxygens (including phenoxy) is 2. The van der Waals surface area contributed by atoms with Gasteiger partial charge in [0.15, 0.2) is 5.96 Å². The van der Waals surface area contributed by atoms with Crippen molar-refractivity contribution in [3.8, 4) is 12.3 Å². The number of nitrogens with zero attached hydrogens (tertiary/aromatic N) is 2. The van der Waals surface area contributed by atoms with Gasteiger partial charge in [0.2, 0.25) is 5.91 Å². The van der Waals surface area contributed by atoms with Gasteiger partial charge in [-0.25, -0.2) is 0 Å². The average Bonchev–Trinajstić information content (AvgIpc) is 3.24. The standard InChI is InChI=1S/C20H26N4O3/c1-3-15-6-4-7-16(12-15)23-19(25)13-22-20(21-2)24-9-11-27-18(14-24)17-8-5-10-26-17/h1,4,6-7,12,17-18H,5,8-11,13-14H2,2H3,(H,21,22)(H,23,25). The Labute approximate surface area is 160 Å². The molecule has 2 unspecified atom stereocenters. The van der Waals surface area contributed by atoms with Crippen LogP contribution in [0.15, 0.2) is 29.3 Å². The summed E-state index contributed by atoms with van der Waals surface area (Å²) in [5, 5.41) is 5.96. The third kappa shape index (κ3) is 5.22.